The maximum Gasteiger partial charge on any atom is 0.263 e. The largest absolute Gasteiger partial charge is 0.480 e. The molecule has 0 fully saturated rings. The molecule has 1 aromatic carbocycles. The summed E-state index contributed by atoms with van der Waals surface area (Å²) in [5.74, 6) is 0.556. The van der Waals surface area contributed by atoms with E-state index in [0.29, 0.717) is 25.9 Å². The predicted octanol–water partition coefficient (Wildman–Crippen LogP) is 1.58. The van der Waals surface area contributed by atoms with Crippen molar-refractivity contribution in [1.82, 2.24) is 10.2 Å². The number of amides is 2. The molecule has 2 amide bonds. The van der Waals surface area contributed by atoms with Crippen LogP contribution in [-0.4, -0.2) is 48.8 Å². The molecule has 0 aromatic heterocycles. The molecule has 1 heterocycles. The number of likely N-dealkylation sites (N-methyl/N-ethyl adjacent to an activating group) is 1. The molecular formula is C16H21ClN2O3. The topological polar surface area (TPSA) is 58.6 Å². The van der Waals surface area contributed by atoms with Gasteiger partial charge in [0.1, 0.15) is 11.6 Å². The highest BCUT2D eigenvalue weighted by Crippen LogP contribution is 2.27. The third-order valence-corrected chi connectivity index (χ3v) is 3.93. The van der Waals surface area contributed by atoms with E-state index in [1.807, 2.05) is 24.3 Å². The average molecular weight is 325 g/mol. The van der Waals surface area contributed by atoms with Crippen molar-refractivity contribution < 1.29 is 14.3 Å². The van der Waals surface area contributed by atoms with Crippen molar-refractivity contribution in [1.29, 1.82) is 0 Å². The molecule has 1 atom stereocenters. The molecule has 1 aliphatic heterocycles. The van der Waals surface area contributed by atoms with Crippen molar-refractivity contribution in [3.8, 4) is 5.75 Å². The van der Waals surface area contributed by atoms with Crippen molar-refractivity contribution in [3.63, 3.8) is 0 Å². The van der Waals surface area contributed by atoms with Gasteiger partial charge in [-0.15, -0.1) is 11.6 Å². The lowest BCUT2D eigenvalue weighted by Crippen LogP contribution is -2.42. The minimum Gasteiger partial charge on any atom is -0.480 e. The van der Waals surface area contributed by atoms with Gasteiger partial charge in [0.2, 0.25) is 5.91 Å². The molecule has 0 saturated heterocycles. The smallest absolute Gasteiger partial charge is 0.263 e. The molecule has 120 valence electrons. The third kappa shape index (κ3) is 4.37. The highest BCUT2D eigenvalue weighted by atomic mass is 35.5. The standard InChI is InChI=1S/C16H21ClN2O3/c1-19(10-4-9-18-15(20)11-17)16(21)14-8-7-12-5-2-3-6-13(12)22-14/h2-3,5-6,14H,4,7-11H2,1H3,(H,18,20). The van der Waals surface area contributed by atoms with Gasteiger partial charge < -0.3 is 15.0 Å². The van der Waals surface area contributed by atoms with Crippen molar-refractivity contribution >= 4 is 23.4 Å². The van der Waals surface area contributed by atoms with Gasteiger partial charge in [-0.25, -0.2) is 0 Å². The fourth-order valence-electron chi connectivity index (χ4n) is 2.45. The summed E-state index contributed by atoms with van der Waals surface area (Å²) in [5.41, 5.74) is 1.15. The summed E-state index contributed by atoms with van der Waals surface area (Å²) in [5, 5.41) is 2.68. The SMILES string of the molecule is CN(CCCNC(=O)CCl)C(=O)C1CCc2ccccc2O1. The summed E-state index contributed by atoms with van der Waals surface area (Å²) in [4.78, 5) is 25.1. The lowest BCUT2D eigenvalue weighted by atomic mass is 10.0. The van der Waals surface area contributed by atoms with Gasteiger partial charge in [0.25, 0.3) is 5.91 Å². The van der Waals surface area contributed by atoms with Gasteiger partial charge in [-0.2, -0.15) is 0 Å². The maximum atomic E-state index is 12.4. The molecule has 1 aromatic rings. The van der Waals surface area contributed by atoms with Crippen molar-refractivity contribution in [2.75, 3.05) is 26.0 Å². The normalized spacial score (nSPS) is 16.4. The monoisotopic (exact) mass is 324 g/mol. The van der Waals surface area contributed by atoms with Crippen molar-refractivity contribution in [2.45, 2.75) is 25.4 Å². The van der Waals surface area contributed by atoms with E-state index >= 15 is 0 Å². The number of rotatable bonds is 6. The zero-order valence-corrected chi connectivity index (χ0v) is 13.4. The first-order valence-corrected chi connectivity index (χ1v) is 7.97. The van der Waals surface area contributed by atoms with E-state index in [0.717, 1.165) is 17.7 Å². The first-order chi connectivity index (χ1) is 10.6. The third-order valence-electron chi connectivity index (χ3n) is 3.68. The van der Waals surface area contributed by atoms with E-state index in [-0.39, 0.29) is 17.7 Å². The molecule has 1 unspecified atom stereocenters. The number of halogens is 1. The van der Waals surface area contributed by atoms with Gasteiger partial charge in [0.15, 0.2) is 6.10 Å². The van der Waals surface area contributed by atoms with Gasteiger partial charge in [-0.05, 0) is 30.9 Å². The minimum atomic E-state index is -0.419. The van der Waals surface area contributed by atoms with Crippen LogP contribution < -0.4 is 10.1 Å². The number of carbonyl (C=O) groups excluding carboxylic acids is 2. The number of nitrogens with one attached hydrogen (secondary N) is 1. The number of carbonyl (C=O) groups is 2. The quantitative estimate of drug-likeness (QED) is 0.638. The zero-order chi connectivity index (χ0) is 15.9. The maximum absolute atomic E-state index is 12.4. The highest BCUT2D eigenvalue weighted by molar-refractivity contribution is 6.27. The number of nitrogens with zero attached hydrogens (tertiary/aromatic N) is 1. The average Bonchev–Trinajstić information content (AvgIpc) is 2.57. The van der Waals surface area contributed by atoms with Crippen LogP contribution in [0.15, 0.2) is 24.3 Å². The fraction of sp³-hybridized carbons (Fsp3) is 0.500. The van der Waals surface area contributed by atoms with Crippen LogP contribution in [0.25, 0.3) is 0 Å². The van der Waals surface area contributed by atoms with Crippen LogP contribution in [-0.2, 0) is 16.0 Å². The Morgan fingerprint density at radius 3 is 2.95 bits per heavy atom. The molecule has 1 N–H and O–H groups in total. The van der Waals surface area contributed by atoms with Gasteiger partial charge in [0, 0.05) is 20.1 Å². The van der Waals surface area contributed by atoms with Crippen LogP contribution in [0.2, 0.25) is 0 Å². The summed E-state index contributed by atoms with van der Waals surface area (Å²) in [7, 11) is 1.76. The Hall–Kier alpha value is -1.75. The number of hydrogen-bond acceptors (Lipinski definition) is 3. The molecule has 6 heteroatoms. The number of ether oxygens (including phenoxy) is 1. The first-order valence-electron chi connectivity index (χ1n) is 7.44. The Labute approximate surface area is 135 Å². The van der Waals surface area contributed by atoms with Crippen LogP contribution in [0.1, 0.15) is 18.4 Å². The van der Waals surface area contributed by atoms with E-state index < -0.39 is 6.10 Å². The molecule has 1 aliphatic rings. The summed E-state index contributed by atoms with van der Waals surface area (Å²) in [6.45, 7) is 1.08. The first kappa shape index (κ1) is 16.6. The summed E-state index contributed by atoms with van der Waals surface area (Å²) >= 11 is 5.39. The number of hydrogen-bond donors (Lipinski definition) is 1. The van der Waals surface area contributed by atoms with Crippen LogP contribution in [0, 0.1) is 0 Å². The predicted molar refractivity (Wildman–Crippen MR) is 85.2 cm³/mol. The molecule has 0 spiro atoms. The zero-order valence-electron chi connectivity index (χ0n) is 12.7. The Balaban J connectivity index is 1.78. The molecule has 22 heavy (non-hydrogen) atoms. The molecule has 0 bridgehead atoms. The lowest BCUT2D eigenvalue weighted by molar-refractivity contribution is -0.138. The number of fused-ring (bicyclic) bond motifs is 1. The van der Waals surface area contributed by atoms with Gasteiger partial charge >= 0.3 is 0 Å². The number of alkyl halides is 1. The van der Waals surface area contributed by atoms with E-state index in [2.05, 4.69) is 5.32 Å². The van der Waals surface area contributed by atoms with E-state index in [9.17, 15) is 9.59 Å². The molecule has 0 radical (unpaired) electrons. The second-order valence-corrected chi connectivity index (χ2v) is 5.62. The molecule has 2 rings (SSSR count). The Morgan fingerprint density at radius 2 is 2.18 bits per heavy atom. The van der Waals surface area contributed by atoms with Crippen molar-refractivity contribution in [2.24, 2.45) is 0 Å². The molecule has 0 aliphatic carbocycles. The van der Waals surface area contributed by atoms with Gasteiger partial charge in [-0.1, -0.05) is 18.2 Å². The number of benzene rings is 1. The van der Waals surface area contributed by atoms with Crippen LogP contribution in [0.3, 0.4) is 0 Å². The van der Waals surface area contributed by atoms with Crippen LogP contribution >= 0.6 is 11.6 Å². The van der Waals surface area contributed by atoms with Crippen LogP contribution in [0.5, 0.6) is 5.75 Å². The number of aryl methyl sites for hydroxylation is 1. The summed E-state index contributed by atoms with van der Waals surface area (Å²) < 4.78 is 5.80. The second kappa shape index (κ2) is 8.03. The lowest BCUT2D eigenvalue weighted by Gasteiger charge is -2.28. The van der Waals surface area contributed by atoms with E-state index in [1.165, 1.54) is 0 Å². The Bertz CT molecular complexity index is 536. The Kier molecular flexibility index (Phi) is 6.07. The highest BCUT2D eigenvalue weighted by Gasteiger charge is 2.27. The Morgan fingerprint density at radius 1 is 1.41 bits per heavy atom. The van der Waals surface area contributed by atoms with Crippen molar-refractivity contribution in [3.05, 3.63) is 29.8 Å². The van der Waals surface area contributed by atoms with Gasteiger partial charge in [-0.3, -0.25) is 9.59 Å². The summed E-state index contributed by atoms with van der Waals surface area (Å²) in [6, 6.07) is 7.82. The number of para-hydroxylation sites is 1. The van der Waals surface area contributed by atoms with Gasteiger partial charge in [0.05, 0.1) is 0 Å². The molecule has 5 nitrogen and oxygen atoms in total. The molecular weight excluding hydrogens is 304 g/mol. The van der Waals surface area contributed by atoms with E-state index in [4.69, 9.17) is 16.3 Å². The second-order valence-electron chi connectivity index (χ2n) is 5.35. The van der Waals surface area contributed by atoms with Crippen LogP contribution in [0.4, 0.5) is 0 Å². The summed E-state index contributed by atoms with van der Waals surface area (Å²) in [6.07, 6.45) is 1.82. The molecule has 0 saturated carbocycles. The van der Waals surface area contributed by atoms with E-state index in [1.54, 1.807) is 11.9 Å². The minimum absolute atomic E-state index is 0.0156. The fourth-order valence-corrected chi connectivity index (χ4v) is 2.54.